The van der Waals surface area contributed by atoms with Gasteiger partial charge in [0, 0.05) is 56.1 Å². The van der Waals surface area contributed by atoms with Gasteiger partial charge in [-0.2, -0.15) is 4.31 Å². The third-order valence-corrected chi connectivity index (χ3v) is 8.56. The van der Waals surface area contributed by atoms with Crippen LogP contribution >= 0.6 is 11.3 Å². The van der Waals surface area contributed by atoms with Crippen molar-refractivity contribution in [2.45, 2.75) is 17.2 Å². The van der Waals surface area contributed by atoms with Crippen molar-refractivity contribution in [1.29, 1.82) is 0 Å². The average Bonchev–Trinajstić information content (AvgIpc) is 3.35. The number of fused-ring (bicyclic) bond motifs is 1. The molecule has 3 aromatic rings. The van der Waals surface area contributed by atoms with E-state index < -0.39 is 10.0 Å². The van der Waals surface area contributed by atoms with Gasteiger partial charge in [-0.25, -0.2) is 18.4 Å². The largest absolute Gasteiger partial charge is 0.378 e. The van der Waals surface area contributed by atoms with Gasteiger partial charge in [-0.3, -0.25) is 4.98 Å². The molecule has 30 heavy (non-hydrogen) atoms. The van der Waals surface area contributed by atoms with Gasteiger partial charge in [0.1, 0.15) is 10.0 Å². The summed E-state index contributed by atoms with van der Waals surface area (Å²) in [6, 6.07) is 7.20. The fourth-order valence-corrected chi connectivity index (χ4v) is 6.33. The Morgan fingerprint density at radius 2 is 1.83 bits per heavy atom. The first kappa shape index (κ1) is 19.6. The maximum absolute atomic E-state index is 13.1. The smallest absolute Gasteiger partial charge is 0.252 e. The summed E-state index contributed by atoms with van der Waals surface area (Å²) in [6.07, 6.45) is 4.00. The van der Waals surface area contributed by atoms with Gasteiger partial charge in [0.05, 0.1) is 18.9 Å². The van der Waals surface area contributed by atoms with Crippen LogP contribution in [0.15, 0.2) is 46.2 Å². The van der Waals surface area contributed by atoms with Crippen LogP contribution < -0.4 is 4.90 Å². The Morgan fingerprint density at radius 1 is 1.03 bits per heavy atom. The van der Waals surface area contributed by atoms with Crippen LogP contribution in [0.2, 0.25) is 0 Å². The summed E-state index contributed by atoms with van der Waals surface area (Å²) in [7, 11) is -3.53. The number of rotatable bonds is 4. The summed E-state index contributed by atoms with van der Waals surface area (Å²) >= 11 is 1.24. The van der Waals surface area contributed by atoms with Crippen molar-refractivity contribution >= 4 is 27.2 Å². The van der Waals surface area contributed by atoms with Crippen molar-refractivity contribution in [3.63, 3.8) is 0 Å². The van der Waals surface area contributed by atoms with Gasteiger partial charge in [-0.1, -0.05) is 6.07 Å². The Kier molecular flexibility index (Phi) is 5.23. The van der Waals surface area contributed by atoms with Crippen molar-refractivity contribution in [3.8, 4) is 11.4 Å². The average molecular weight is 444 g/mol. The molecule has 10 heteroatoms. The molecule has 0 unspecified atom stereocenters. The summed E-state index contributed by atoms with van der Waals surface area (Å²) in [5.74, 6) is 1.45. The summed E-state index contributed by atoms with van der Waals surface area (Å²) in [5, 5.41) is 1.79. The Hall–Kier alpha value is -2.40. The zero-order valence-electron chi connectivity index (χ0n) is 16.3. The molecule has 1 saturated heterocycles. The number of anilines is 1. The molecule has 2 aliphatic rings. The minimum absolute atomic E-state index is 0.277. The summed E-state index contributed by atoms with van der Waals surface area (Å²) < 4.78 is 33.6. The molecule has 5 rings (SSSR count). The summed E-state index contributed by atoms with van der Waals surface area (Å²) in [6.45, 7) is 3.37. The standard InChI is InChI=1S/C20H21N5O3S2/c26-30(27,18-2-1-13-29-18)25-8-5-17-16(14-25)20(24-9-11-28-12-10-24)23-19(22-17)15-3-6-21-7-4-15/h1-4,6-7,13H,5,8-12,14H2. The zero-order chi connectivity index (χ0) is 20.6. The van der Waals surface area contributed by atoms with E-state index in [-0.39, 0.29) is 6.54 Å². The Balaban J connectivity index is 1.57. The highest BCUT2D eigenvalue weighted by molar-refractivity contribution is 7.91. The maximum atomic E-state index is 13.1. The molecule has 0 spiro atoms. The number of morpholine rings is 1. The summed E-state index contributed by atoms with van der Waals surface area (Å²) in [4.78, 5) is 15.9. The maximum Gasteiger partial charge on any atom is 0.252 e. The number of nitrogens with zero attached hydrogens (tertiary/aromatic N) is 5. The molecular weight excluding hydrogens is 422 g/mol. The highest BCUT2D eigenvalue weighted by Crippen LogP contribution is 2.33. The topological polar surface area (TPSA) is 88.5 Å². The molecule has 0 saturated carbocycles. The lowest BCUT2D eigenvalue weighted by molar-refractivity contribution is 0.122. The number of ether oxygens (including phenoxy) is 1. The number of hydrogen-bond acceptors (Lipinski definition) is 8. The van der Waals surface area contributed by atoms with E-state index in [1.165, 1.54) is 11.3 Å². The van der Waals surface area contributed by atoms with Gasteiger partial charge < -0.3 is 9.64 Å². The number of sulfonamides is 1. The lowest BCUT2D eigenvalue weighted by atomic mass is 10.1. The Labute approximate surface area is 179 Å². The van der Waals surface area contributed by atoms with Crippen LogP contribution in [-0.2, 0) is 27.7 Å². The Morgan fingerprint density at radius 3 is 2.57 bits per heavy atom. The first-order valence-electron chi connectivity index (χ1n) is 9.79. The second-order valence-electron chi connectivity index (χ2n) is 7.15. The predicted octanol–water partition coefficient (Wildman–Crippen LogP) is 2.18. The van der Waals surface area contributed by atoms with E-state index in [1.54, 1.807) is 34.2 Å². The van der Waals surface area contributed by atoms with Crippen molar-refractivity contribution in [2.75, 3.05) is 37.7 Å². The van der Waals surface area contributed by atoms with Crippen molar-refractivity contribution in [1.82, 2.24) is 19.3 Å². The van der Waals surface area contributed by atoms with Crippen molar-refractivity contribution in [2.24, 2.45) is 0 Å². The van der Waals surface area contributed by atoms with E-state index in [1.807, 2.05) is 12.1 Å². The second-order valence-corrected chi connectivity index (χ2v) is 10.3. The zero-order valence-corrected chi connectivity index (χ0v) is 17.9. The van der Waals surface area contributed by atoms with E-state index in [0.717, 1.165) is 35.7 Å². The predicted molar refractivity (Wildman–Crippen MR) is 114 cm³/mol. The third-order valence-electron chi connectivity index (χ3n) is 5.34. The molecule has 5 heterocycles. The van der Waals surface area contributed by atoms with E-state index in [0.29, 0.717) is 36.2 Å². The monoisotopic (exact) mass is 443 g/mol. The molecule has 2 aliphatic heterocycles. The highest BCUT2D eigenvalue weighted by atomic mass is 32.2. The number of pyridine rings is 1. The fourth-order valence-electron chi connectivity index (χ4n) is 3.78. The van der Waals surface area contributed by atoms with Gasteiger partial charge in [0.2, 0.25) is 0 Å². The number of thiophene rings is 1. The van der Waals surface area contributed by atoms with Gasteiger partial charge in [-0.15, -0.1) is 11.3 Å². The van der Waals surface area contributed by atoms with E-state index in [4.69, 9.17) is 14.7 Å². The molecule has 8 nitrogen and oxygen atoms in total. The SMILES string of the molecule is O=S(=O)(c1cccs1)N1CCc2nc(-c3ccncc3)nc(N3CCOCC3)c2C1. The molecule has 0 aromatic carbocycles. The first-order valence-corrected chi connectivity index (χ1v) is 12.1. The number of aromatic nitrogens is 3. The van der Waals surface area contributed by atoms with Gasteiger partial charge in [0.15, 0.2) is 5.82 Å². The van der Waals surface area contributed by atoms with Gasteiger partial charge in [-0.05, 0) is 23.6 Å². The second kappa shape index (κ2) is 8.03. The minimum atomic E-state index is -3.53. The van der Waals surface area contributed by atoms with Crippen LogP contribution in [0.3, 0.4) is 0 Å². The third kappa shape index (κ3) is 3.60. The number of hydrogen-bond donors (Lipinski definition) is 0. The van der Waals surface area contributed by atoms with Crippen molar-refractivity contribution < 1.29 is 13.2 Å². The normalized spacial score (nSPS) is 17.7. The highest BCUT2D eigenvalue weighted by Gasteiger charge is 2.33. The van der Waals surface area contributed by atoms with Crippen LogP contribution in [0.5, 0.6) is 0 Å². The lowest BCUT2D eigenvalue weighted by Crippen LogP contribution is -2.41. The van der Waals surface area contributed by atoms with Crippen LogP contribution in [0.4, 0.5) is 5.82 Å². The molecule has 0 radical (unpaired) electrons. The molecule has 3 aromatic heterocycles. The fraction of sp³-hybridized carbons (Fsp3) is 0.350. The molecule has 0 atom stereocenters. The molecule has 0 aliphatic carbocycles. The molecular formula is C20H21N5O3S2. The van der Waals surface area contributed by atoms with Crippen LogP contribution in [0.1, 0.15) is 11.3 Å². The first-order chi connectivity index (χ1) is 14.6. The van der Waals surface area contributed by atoms with Crippen molar-refractivity contribution in [3.05, 3.63) is 53.3 Å². The van der Waals surface area contributed by atoms with E-state index in [2.05, 4.69) is 9.88 Å². The van der Waals surface area contributed by atoms with Gasteiger partial charge in [0.25, 0.3) is 10.0 Å². The molecule has 1 fully saturated rings. The van der Waals surface area contributed by atoms with Gasteiger partial charge >= 0.3 is 0 Å². The lowest BCUT2D eigenvalue weighted by Gasteiger charge is -2.34. The van der Waals surface area contributed by atoms with E-state index >= 15 is 0 Å². The van der Waals surface area contributed by atoms with Crippen LogP contribution in [-0.4, -0.2) is 60.5 Å². The van der Waals surface area contributed by atoms with Crippen LogP contribution in [0, 0.1) is 0 Å². The quantitative estimate of drug-likeness (QED) is 0.611. The molecule has 0 amide bonds. The molecule has 0 bridgehead atoms. The van der Waals surface area contributed by atoms with E-state index in [9.17, 15) is 8.42 Å². The summed E-state index contributed by atoms with van der Waals surface area (Å²) in [5.41, 5.74) is 2.70. The van der Waals surface area contributed by atoms with Crippen LogP contribution in [0.25, 0.3) is 11.4 Å². The molecule has 0 N–H and O–H groups in total. The molecule has 156 valence electrons. The minimum Gasteiger partial charge on any atom is -0.378 e. The Bertz CT molecular complexity index is 1130.